The van der Waals surface area contributed by atoms with Gasteiger partial charge < -0.3 is 9.47 Å². The summed E-state index contributed by atoms with van der Waals surface area (Å²) in [6.45, 7) is 7.42. The van der Waals surface area contributed by atoms with E-state index in [4.69, 9.17) is 21.1 Å². The first-order valence-corrected chi connectivity index (χ1v) is 6.19. The largest absolute Gasteiger partial charge is 0.355 e. The zero-order valence-electron chi connectivity index (χ0n) is 10.3. The minimum absolute atomic E-state index is 0.0201. The Bertz CT molecular complexity index is 128. The van der Waals surface area contributed by atoms with E-state index in [1.165, 1.54) is 6.92 Å². The van der Waals surface area contributed by atoms with Gasteiger partial charge in [0.25, 0.3) is 0 Å². The second-order valence-corrected chi connectivity index (χ2v) is 4.06. The summed E-state index contributed by atoms with van der Waals surface area (Å²) in [6, 6.07) is 0. The van der Waals surface area contributed by atoms with Crippen molar-refractivity contribution < 1.29 is 14.3 Å². The molecular weight excluding hydrogens is 283 g/mol. The van der Waals surface area contributed by atoms with E-state index in [1.807, 2.05) is 20.8 Å². The average Bonchev–Trinajstić information content (AvgIpc) is 2.23. The monoisotopic (exact) mass is 304 g/mol. The van der Waals surface area contributed by atoms with Crippen LogP contribution in [0.5, 0.6) is 0 Å². The zero-order chi connectivity index (χ0) is 12.9. The lowest BCUT2D eigenvalue weighted by Gasteiger charge is -2.14. The number of alkyl halides is 2. The van der Waals surface area contributed by atoms with Crippen molar-refractivity contribution in [3.63, 3.8) is 0 Å². The van der Waals surface area contributed by atoms with Gasteiger partial charge in [0, 0.05) is 14.2 Å². The quantitative estimate of drug-likeness (QED) is 0.591. The molecule has 0 rings (SSSR count). The third-order valence-electron chi connectivity index (χ3n) is 1.03. The third kappa shape index (κ3) is 20.4. The molecule has 0 aromatic carbocycles. The molecule has 0 radical (unpaired) electrons. The molecule has 0 aliphatic carbocycles. The van der Waals surface area contributed by atoms with Gasteiger partial charge in [0.2, 0.25) is 0 Å². The maximum atomic E-state index is 9.68. The van der Waals surface area contributed by atoms with Crippen molar-refractivity contribution in [1.29, 1.82) is 0 Å². The number of rotatable bonds is 4. The zero-order valence-corrected chi connectivity index (χ0v) is 12.7. The Morgan fingerprint density at radius 2 is 1.60 bits per heavy atom. The summed E-state index contributed by atoms with van der Waals surface area (Å²) in [4.78, 5) is 9.93. The number of Topliss-reactive ketones (excluding diaryl/α,β-unsaturated/α-hetero) is 1. The number of methoxy groups -OCH3 is 2. The molecule has 0 saturated carbocycles. The Hall–Kier alpha value is 0.360. The fraction of sp³-hybridized carbons (Fsp3) is 0.900. The van der Waals surface area contributed by atoms with Gasteiger partial charge in [-0.2, -0.15) is 0 Å². The molecule has 0 amide bonds. The second-order valence-electron chi connectivity index (χ2n) is 2.35. The van der Waals surface area contributed by atoms with E-state index in [2.05, 4.69) is 15.9 Å². The minimum atomic E-state index is -0.130. The van der Waals surface area contributed by atoms with Crippen LogP contribution in [0.4, 0.5) is 0 Å². The molecule has 1 unspecified atom stereocenters. The molecule has 0 bridgehead atoms. The molecule has 0 saturated heterocycles. The molecule has 1 atom stereocenters. The van der Waals surface area contributed by atoms with E-state index in [0.29, 0.717) is 0 Å². The van der Waals surface area contributed by atoms with Crippen molar-refractivity contribution in [2.24, 2.45) is 0 Å². The summed E-state index contributed by atoms with van der Waals surface area (Å²) in [7, 11) is 3.23. The summed E-state index contributed by atoms with van der Waals surface area (Å²) in [5, 5.41) is 0. The van der Waals surface area contributed by atoms with Gasteiger partial charge in [-0.1, -0.05) is 29.8 Å². The molecule has 0 aliphatic heterocycles. The van der Waals surface area contributed by atoms with Crippen LogP contribution in [0.1, 0.15) is 27.7 Å². The molecule has 15 heavy (non-hydrogen) atoms. The number of hydrogen-bond acceptors (Lipinski definition) is 3. The topological polar surface area (TPSA) is 35.5 Å². The molecule has 0 heterocycles. The van der Waals surface area contributed by atoms with Crippen LogP contribution < -0.4 is 0 Å². The smallest absolute Gasteiger partial charge is 0.168 e. The summed E-state index contributed by atoms with van der Waals surface area (Å²) >= 11 is 8.30. The fourth-order valence-corrected chi connectivity index (χ4v) is 0.903. The number of carbonyl (C=O) groups excluding carboxylic acids is 1. The predicted molar refractivity (Wildman–Crippen MR) is 68.9 cm³/mol. The third-order valence-corrected chi connectivity index (χ3v) is 1.84. The van der Waals surface area contributed by atoms with Crippen molar-refractivity contribution in [3.05, 3.63) is 0 Å². The lowest BCUT2D eigenvalue weighted by atomic mass is 10.5. The summed E-state index contributed by atoms with van der Waals surface area (Å²) in [6.07, 6.45) is -0.130. The van der Waals surface area contributed by atoms with Crippen molar-refractivity contribution in [2.75, 3.05) is 20.1 Å². The number of ether oxygens (including phenoxy) is 2. The van der Waals surface area contributed by atoms with Gasteiger partial charge in [-0.3, -0.25) is 4.79 Å². The van der Waals surface area contributed by atoms with Crippen molar-refractivity contribution in [3.8, 4) is 0 Å². The highest BCUT2D eigenvalue weighted by atomic mass is 79.9. The molecule has 3 nitrogen and oxygen atoms in total. The normalized spacial score (nSPS) is 10.7. The first-order chi connectivity index (χ1) is 6.99. The molecule has 0 spiro atoms. The number of carbonyl (C=O) groups is 1. The Morgan fingerprint density at radius 3 is 1.60 bits per heavy atom. The average molecular weight is 306 g/mol. The van der Waals surface area contributed by atoms with E-state index in [9.17, 15) is 4.79 Å². The van der Waals surface area contributed by atoms with Crippen LogP contribution >= 0.6 is 27.5 Å². The van der Waals surface area contributed by atoms with Crippen molar-refractivity contribution >= 4 is 33.3 Å². The lowest BCUT2D eigenvalue weighted by molar-refractivity contribution is -0.114. The maximum absolute atomic E-state index is 9.68. The SMILES string of the molecule is CC.CC(=O)CCl.COC(OC)C(C)Br. The number of halogens is 2. The van der Waals surface area contributed by atoms with Crippen LogP contribution in [0.25, 0.3) is 0 Å². The predicted octanol–water partition coefficient (Wildman–Crippen LogP) is 3.23. The van der Waals surface area contributed by atoms with Crippen LogP contribution in [0.15, 0.2) is 0 Å². The Kier molecular flexibility index (Phi) is 23.2. The van der Waals surface area contributed by atoms with Crippen LogP contribution in [0.2, 0.25) is 0 Å². The van der Waals surface area contributed by atoms with E-state index in [0.717, 1.165) is 0 Å². The molecular formula is C10H22BrClO3. The molecule has 0 N–H and O–H groups in total. The summed E-state index contributed by atoms with van der Waals surface area (Å²) < 4.78 is 9.78. The Labute approximate surface area is 107 Å². The lowest BCUT2D eigenvalue weighted by Crippen LogP contribution is -2.21. The molecule has 0 aliphatic rings. The second kappa shape index (κ2) is 16.8. The minimum Gasteiger partial charge on any atom is -0.355 e. The highest BCUT2D eigenvalue weighted by Crippen LogP contribution is 2.07. The van der Waals surface area contributed by atoms with Gasteiger partial charge in [0.1, 0.15) is 5.78 Å². The first kappa shape index (κ1) is 20.7. The molecule has 94 valence electrons. The molecule has 0 fully saturated rings. The molecule has 5 heteroatoms. The van der Waals surface area contributed by atoms with Gasteiger partial charge >= 0.3 is 0 Å². The maximum Gasteiger partial charge on any atom is 0.168 e. The van der Waals surface area contributed by atoms with Crippen molar-refractivity contribution in [1.82, 2.24) is 0 Å². The van der Waals surface area contributed by atoms with E-state index < -0.39 is 0 Å². The fourth-order valence-electron chi connectivity index (χ4n) is 0.471. The van der Waals surface area contributed by atoms with E-state index >= 15 is 0 Å². The van der Waals surface area contributed by atoms with Gasteiger partial charge in [0.15, 0.2) is 6.29 Å². The highest BCUT2D eigenvalue weighted by molar-refractivity contribution is 9.09. The van der Waals surface area contributed by atoms with Gasteiger partial charge in [-0.05, 0) is 13.8 Å². The Balaban J connectivity index is -0.000000177. The Morgan fingerprint density at radius 1 is 1.33 bits per heavy atom. The molecule has 0 aromatic rings. The highest BCUT2D eigenvalue weighted by Gasteiger charge is 2.10. The van der Waals surface area contributed by atoms with Crippen molar-refractivity contribution in [2.45, 2.75) is 38.8 Å². The van der Waals surface area contributed by atoms with E-state index in [-0.39, 0.29) is 22.8 Å². The van der Waals surface area contributed by atoms with E-state index in [1.54, 1.807) is 14.2 Å². The van der Waals surface area contributed by atoms with Gasteiger partial charge in [-0.15, -0.1) is 11.6 Å². The number of ketones is 1. The standard InChI is InChI=1S/C5H11BrO2.C3H5ClO.C2H6/c1-4(6)5(7-2)8-3;1-3(5)2-4;1-2/h4-5H,1-3H3;2H2,1H3;1-2H3. The summed E-state index contributed by atoms with van der Waals surface area (Å²) in [5.41, 5.74) is 0. The van der Waals surface area contributed by atoms with Gasteiger partial charge in [-0.25, -0.2) is 0 Å². The van der Waals surface area contributed by atoms with Crippen LogP contribution in [0, 0.1) is 0 Å². The molecule has 0 aromatic heterocycles. The number of hydrogen-bond donors (Lipinski definition) is 0. The summed E-state index contributed by atoms with van der Waals surface area (Å²) in [5.74, 6) is 0.159. The van der Waals surface area contributed by atoms with Crippen LogP contribution in [-0.2, 0) is 14.3 Å². The van der Waals surface area contributed by atoms with Crippen LogP contribution in [-0.4, -0.2) is 37.0 Å². The van der Waals surface area contributed by atoms with Crippen LogP contribution in [0.3, 0.4) is 0 Å². The first-order valence-electron chi connectivity index (χ1n) is 4.74. The van der Waals surface area contributed by atoms with Gasteiger partial charge in [0.05, 0.1) is 10.7 Å².